The lowest BCUT2D eigenvalue weighted by atomic mass is 10.1. The number of nitrogens with two attached hydrogens (primary N) is 2. The molecule has 0 spiro atoms. The monoisotopic (exact) mass is 242 g/mol. The molecular weight excluding hydrogens is 228 g/mol. The molecular formula is C11H15ClN2O2. The first-order valence-electron chi connectivity index (χ1n) is 4.72. The van der Waals surface area contributed by atoms with Gasteiger partial charge in [-0.25, -0.2) is 0 Å². The van der Waals surface area contributed by atoms with Crippen LogP contribution < -0.4 is 11.5 Å². The molecule has 0 aliphatic carbocycles. The number of primary amides is 2. The van der Waals surface area contributed by atoms with Gasteiger partial charge in [-0.1, -0.05) is 24.6 Å². The first-order valence-corrected chi connectivity index (χ1v) is 5.10. The van der Waals surface area contributed by atoms with Crippen molar-refractivity contribution in [2.75, 3.05) is 0 Å². The number of amides is 2. The maximum atomic E-state index is 10.7. The van der Waals surface area contributed by atoms with E-state index in [9.17, 15) is 9.59 Å². The maximum absolute atomic E-state index is 10.7. The first-order chi connectivity index (χ1) is 7.38. The van der Waals surface area contributed by atoms with E-state index in [0.717, 1.165) is 5.56 Å². The van der Waals surface area contributed by atoms with Crippen molar-refractivity contribution in [1.29, 1.82) is 0 Å². The maximum Gasteiger partial charge on any atom is 0.250 e. The van der Waals surface area contributed by atoms with E-state index in [-0.39, 0.29) is 5.91 Å². The highest BCUT2D eigenvalue weighted by molar-refractivity contribution is 6.33. The van der Waals surface area contributed by atoms with Gasteiger partial charge in [-0.2, -0.15) is 0 Å². The van der Waals surface area contributed by atoms with Gasteiger partial charge in [0, 0.05) is 6.42 Å². The molecule has 0 aliphatic rings. The summed E-state index contributed by atoms with van der Waals surface area (Å²) in [5.74, 6) is -0.736. The van der Waals surface area contributed by atoms with E-state index in [2.05, 4.69) is 5.73 Å². The second-order valence-electron chi connectivity index (χ2n) is 3.17. The number of halogens is 1. The highest BCUT2D eigenvalue weighted by Gasteiger charge is 2.04. The van der Waals surface area contributed by atoms with Crippen LogP contribution in [-0.2, 0) is 4.79 Å². The van der Waals surface area contributed by atoms with Crippen molar-refractivity contribution in [2.24, 2.45) is 11.5 Å². The number of carbonyl (C=O) groups excluding carboxylic acids is 2. The van der Waals surface area contributed by atoms with Crippen LogP contribution >= 0.6 is 11.6 Å². The zero-order chi connectivity index (χ0) is 12.7. The summed E-state index contributed by atoms with van der Waals surface area (Å²) in [5.41, 5.74) is 11.1. The second kappa shape index (κ2) is 6.85. The van der Waals surface area contributed by atoms with Gasteiger partial charge in [0.15, 0.2) is 0 Å². The molecule has 2 amide bonds. The fourth-order valence-corrected chi connectivity index (χ4v) is 1.15. The van der Waals surface area contributed by atoms with E-state index in [4.69, 9.17) is 17.3 Å². The summed E-state index contributed by atoms with van der Waals surface area (Å²) in [7, 11) is 0. The predicted octanol–water partition coefficient (Wildman–Crippen LogP) is 1.63. The second-order valence-corrected chi connectivity index (χ2v) is 3.57. The molecule has 0 saturated carbocycles. The molecule has 5 heteroatoms. The Morgan fingerprint density at radius 1 is 1.31 bits per heavy atom. The van der Waals surface area contributed by atoms with Gasteiger partial charge >= 0.3 is 0 Å². The minimum Gasteiger partial charge on any atom is -0.370 e. The van der Waals surface area contributed by atoms with E-state index in [1.807, 2.05) is 6.92 Å². The third-order valence-corrected chi connectivity index (χ3v) is 2.05. The van der Waals surface area contributed by atoms with E-state index >= 15 is 0 Å². The molecule has 16 heavy (non-hydrogen) atoms. The average molecular weight is 243 g/mol. The van der Waals surface area contributed by atoms with Gasteiger partial charge in [0.2, 0.25) is 11.8 Å². The van der Waals surface area contributed by atoms with Crippen LogP contribution in [0.15, 0.2) is 18.2 Å². The lowest BCUT2D eigenvalue weighted by Gasteiger charge is -1.99. The Bertz CT molecular complexity index is 392. The Morgan fingerprint density at radius 3 is 2.12 bits per heavy atom. The van der Waals surface area contributed by atoms with Gasteiger partial charge in [0.25, 0.3) is 0 Å². The van der Waals surface area contributed by atoms with Crippen molar-refractivity contribution in [2.45, 2.75) is 20.3 Å². The number of benzene rings is 1. The highest BCUT2D eigenvalue weighted by atomic mass is 35.5. The summed E-state index contributed by atoms with van der Waals surface area (Å²) in [4.78, 5) is 20.3. The summed E-state index contributed by atoms with van der Waals surface area (Å²) < 4.78 is 0. The SMILES string of the molecule is CCC(N)=O.Cc1ccc(C(N)=O)c(Cl)c1. The zero-order valence-electron chi connectivity index (χ0n) is 9.29. The minimum atomic E-state index is -0.491. The van der Waals surface area contributed by atoms with Gasteiger partial charge < -0.3 is 11.5 Å². The number of rotatable bonds is 2. The van der Waals surface area contributed by atoms with Crippen LogP contribution in [0.1, 0.15) is 29.3 Å². The zero-order valence-corrected chi connectivity index (χ0v) is 10.0. The summed E-state index contributed by atoms with van der Waals surface area (Å²) >= 11 is 5.72. The van der Waals surface area contributed by atoms with Crippen molar-refractivity contribution in [3.05, 3.63) is 34.3 Å². The standard InChI is InChI=1S/C8H8ClNO.C3H7NO/c1-5-2-3-6(8(10)11)7(9)4-5;1-2-3(4)5/h2-4H,1H3,(H2,10,11);2H2,1H3,(H2,4,5). The largest absolute Gasteiger partial charge is 0.370 e. The molecule has 0 atom stereocenters. The van der Waals surface area contributed by atoms with Gasteiger partial charge in [-0.3, -0.25) is 9.59 Å². The van der Waals surface area contributed by atoms with Crippen molar-refractivity contribution in [1.82, 2.24) is 0 Å². The van der Waals surface area contributed by atoms with Crippen molar-refractivity contribution >= 4 is 23.4 Å². The molecule has 0 radical (unpaired) electrons. The van der Waals surface area contributed by atoms with Crippen LogP contribution in [0.4, 0.5) is 0 Å². The van der Waals surface area contributed by atoms with E-state index in [1.54, 1.807) is 25.1 Å². The smallest absolute Gasteiger partial charge is 0.250 e. The van der Waals surface area contributed by atoms with Gasteiger partial charge in [0.1, 0.15) is 0 Å². The molecule has 0 saturated heterocycles. The molecule has 0 bridgehead atoms. The van der Waals surface area contributed by atoms with E-state index in [0.29, 0.717) is 17.0 Å². The molecule has 0 aromatic heterocycles. The van der Waals surface area contributed by atoms with Crippen LogP contribution in [0.5, 0.6) is 0 Å². The average Bonchev–Trinajstić information content (AvgIpc) is 2.17. The van der Waals surface area contributed by atoms with E-state index in [1.165, 1.54) is 0 Å². The number of hydrogen-bond donors (Lipinski definition) is 2. The normalized spacial score (nSPS) is 8.94. The fraction of sp³-hybridized carbons (Fsp3) is 0.273. The van der Waals surface area contributed by atoms with Gasteiger partial charge in [0.05, 0.1) is 10.6 Å². The molecule has 0 heterocycles. The molecule has 88 valence electrons. The van der Waals surface area contributed by atoms with Crippen LogP contribution in [0.3, 0.4) is 0 Å². The summed E-state index contributed by atoms with van der Waals surface area (Å²) in [6.07, 6.45) is 0.444. The Balaban J connectivity index is 0.000000385. The lowest BCUT2D eigenvalue weighted by molar-refractivity contribution is -0.117. The molecule has 1 aromatic rings. The third-order valence-electron chi connectivity index (χ3n) is 1.74. The minimum absolute atomic E-state index is 0.245. The Kier molecular flexibility index (Phi) is 6.18. The van der Waals surface area contributed by atoms with Crippen LogP contribution in [0, 0.1) is 6.92 Å². The van der Waals surface area contributed by atoms with E-state index < -0.39 is 5.91 Å². The molecule has 1 aromatic carbocycles. The van der Waals surface area contributed by atoms with Gasteiger partial charge in [-0.15, -0.1) is 0 Å². The molecule has 4 N–H and O–H groups in total. The topological polar surface area (TPSA) is 86.2 Å². The molecule has 4 nitrogen and oxygen atoms in total. The van der Waals surface area contributed by atoms with Crippen molar-refractivity contribution in [3.63, 3.8) is 0 Å². The number of aryl methyl sites for hydroxylation is 1. The van der Waals surface area contributed by atoms with Crippen LogP contribution in [0.25, 0.3) is 0 Å². The highest BCUT2D eigenvalue weighted by Crippen LogP contribution is 2.16. The Hall–Kier alpha value is -1.55. The van der Waals surface area contributed by atoms with Crippen LogP contribution in [0.2, 0.25) is 5.02 Å². The lowest BCUT2D eigenvalue weighted by Crippen LogP contribution is -2.11. The molecule has 0 unspecified atom stereocenters. The fourth-order valence-electron chi connectivity index (χ4n) is 0.820. The van der Waals surface area contributed by atoms with Crippen LogP contribution in [-0.4, -0.2) is 11.8 Å². The number of carbonyl (C=O) groups is 2. The van der Waals surface area contributed by atoms with Crippen molar-refractivity contribution < 1.29 is 9.59 Å². The Morgan fingerprint density at radius 2 is 1.81 bits per heavy atom. The molecule has 0 aliphatic heterocycles. The van der Waals surface area contributed by atoms with Crippen molar-refractivity contribution in [3.8, 4) is 0 Å². The quantitative estimate of drug-likeness (QED) is 0.826. The van der Waals surface area contributed by atoms with Gasteiger partial charge in [-0.05, 0) is 24.6 Å². The summed E-state index contributed by atoms with van der Waals surface area (Å²) in [6, 6.07) is 5.13. The predicted molar refractivity (Wildman–Crippen MR) is 64.2 cm³/mol. The summed E-state index contributed by atoms with van der Waals surface area (Å²) in [6.45, 7) is 3.62. The Labute approximate surface area is 99.6 Å². The summed E-state index contributed by atoms with van der Waals surface area (Å²) in [5, 5.41) is 0.414. The first kappa shape index (κ1) is 14.5. The molecule has 0 fully saturated rings. The third kappa shape index (κ3) is 5.36. The number of hydrogen-bond acceptors (Lipinski definition) is 2. The molecule has 1 rings (SSSR count).